The minimum Gasteiger partial charge on any atom is -0.478 e. The number of pyridine rings is 1. The van der Waals surface area contributed by atoms with Crippen molar-refractivity contribution in [3.8, 4) is 22.6 Å². The summed E-state index contributed by atoms with van der Waals surface area (Å²) < 4.78 is 19.4. The molecule has 2 heterocycles. The molecule has 2 aromatic heterocycles. The molecule has 0 fully saturated rings. The van der Waals surface area contributed by atoms with Gasteiger partial charge in [0.15, 0.2) is 0 Å². The highest BCUT2D eigenvalue weighted by Crippen LogP contribution is 2.39. The van der Waals surface area contributed by atoms with Crippen molar-refractivity contribution < 1.29 is 18.7 Å². The van der Waals surface area contributed by atoms with Crippen LogP contribution < -0.4 is 4.90 Å². The number of aromatic nitrogens is 1. The lowest BCUT2D eigenvalue weighted by Crippen LogP contribution is -2.26. The maximum absolute atomic E-state index is 13.3. The molecule has 0 atom stereocenters. The molecule has 0 bridgehead atoms. The lowest BCUT2D eigenvalue weighted by atomic mass is 10.0. The second-order valence-electron chi connectivity index (χ2n) is 7.43. The summed E-state index contributed by atoms with van der Waals surface area (Å²) in [7, 11) is 1.96. The molecule has 5 nitrogen and oxygen atoms in total. The molecule has 0 aliphatic rings. The Kier molecular flexibility index (Phi) is 4.99. The van der Waals surface area contributed by atoms with E-state index in [1.54, 1.807) is 36.5 Å². The lowest BCUT2D eigenvalue weighted by Gasteiger charge is -2.26. The molecule has 4 rings (SSSR count). The maximum atomic E-state index is 13.3. The third kappa shape index (κ3) is 3.52. The van der Waals surface area contributed by atoms with Crippen LogP contribution in [0.2, 0.25) is 0 Å². The molecule has 0 radical (unpaired) electrons. The number of carboxylic acid groups (broad SMARTS) is 1. The van der Waals surface area contributed by atoms with Crippen LogP contribution in [-0.4, -0.2) is 29.1 Å². The fourth-order valence-electron chi connectivity index (χ4n) is 3.36. The topological polar surface area (TPSA) is 66.6 Å². The number of carboxylic acids is 1. The van der Waals surface area contributed by atoms with E-state index in [1.165, 1.54) is 12.1 Å². The maximum Gasteiger partial charge on any atom is 0.335 e. The number of hydrogen-bond donors (Lipinski definition) is 1. The highest BCUT2D eigenvalue weighted by molar-refractivity contribution is 6.03. The smallest absolute Gasteiger partial charge is 0.335 e. The number of benzene rings is 2. The summed E-state index contributed by atoms with van der Waals surface area (Å²) in [6.45, 7) is 4.13. The molecule has 6 heteroatoms. The van der Waals surface area contributed by atoms with E-state index in [-0.39, 0.29) is 17.4 Å². The summed E-state index contributed by atoms with van der Waals surface area (Å²) in [6.07, 6.45) is 1.78. The summed E-state index contributed by atoms with van der Waals surface area (Å²) in [4.78, 5) is 18.1. The Bertz CT molecular complexity index is 1230. The van der Waals surface area contributed by atoms with E-state index in [4.69, 9.17) is 4.42 Å². The Morgan fingerprint density at radius 2 is 1.77 bits per heavy atom. The molecular formula is C24H21FN2O3. The summed E-state index contributed by atoms with van der Waals surface area (Å²) in [5, 5.41) is 10.2. The van der Waals surface area contributed by atoms with Gasteiger partial charge in [-0.25, -0.2) is 9.18 Å². The highest BCUT2D eigenvalue weighted by atomic mass is 19.1. The van der Waals surface area contributed by atoms with E-state index in [2.05, 4.69) is 23.7 Å². The van der Waals surface area contributed by atoms with Crippen LogP contribution in [0.3, 0.4) is 0 Å². The van der Waals surface area contributed by atoms with Crippen LogP contribution in [0, 0.1) is 5.82 Å². The third-order valence-electron chi connectivity index (χ3n) is 5.23. The number of aromatic carboxylic acids is 1. The first-order valence-corrected chi connectivity index (χ1v) is 9.60. The number of nitrogens with zero attached hydrogens (tertiary/aromatic N) is 2. The summed E-state index contributed by atoms with van der Waals surface area (Å²) in [5.41, 5.74) is 3.22. The van der Waals surface area contributed by atoms with Gasteiger partial charge in [-0.3, -0.25) is 4.98 Å². The quantitative estimate of drug-likeness (QED) is 0.452. The van der Waals surface area contributed by atoms with Crippen LogP contribution in [0.1, 0.15) is 24.2 Å². The molecular weight excluding hydrogens is 383 g/mol. The van der Waals surface area contributed by atoms with Crippen LogP contribution in [0.4, 0.5) is 10.1 Å². The number of fused-ring (bicyclic) bond motifs is 1. The Morgan fingerprint density at radius 3 is 2.43 bits per heavy atom. The molecule has 30 heavy (non-hydrogen) atoms. The largest absolute Gasteiger partial charge is 0.478 e. The lowest BCUT2D eigenvalue weighted by molar-refractivity contribution is 0.0697. The summed E-state index contributed by atoms with van der Waals surface area (Å²) >= 11 is 0. The summed E-state index contributed by atoms with van der Waals surface area (Å²) in [5.74, 6) is -0.126. The first-order chi connectivity index (χ1) is 14.3. The van der Waals surface area contributed by atoms with E-state index in [0.717, 1.165) is 16.8 Å². The highest BCUT2D eigenvalue weighted by Gasteiger charge is 2.20. The predicted octanol–water partition coefficient (Wildman–Crippen LogP) is 5.84. The standard InChI is InChI=1S/C24H21FN2O3/c1-14(2)27(3)20-13-26-19-9-6-16(24(28)29)12-18(19)23(20)22-11-10-21(30-22)15-4-7-17(25)8-5-15/h4-14H,1-3H3,(H,28,29). The van der Waals surface area contributed by atoms with Gasteiger partial charge in [0.05, 0.1) is 28.5 Å². The molecule has 0 unspecified atom stereocenters. The van der Waals surface area contributed by atoms with Gasteiger partial charge in [-0.1, -0.05) is 0 Å². The molecule has 1 N–H and O–H groups in total. The molecule has 0 aliphatic carbocycles. The van der Waals surface area contributed by atoms with Crippen LogP contribution >= 0.6 is 0 Å². The molecule has 4 aromatic rings. The van der Waals surface area contributed by atoms with Crippen LogP contribution in [0.25, 0.3) is 33.6 Å². The first-order valence-electron chi connectivity index (χ1n) is 9.60. The van der Waals surface area contributed by atoms with Crippen LogP contribution in [-0.2, 0) is 0 Å². The molecule has 0 aliphatic heterocycles. The minimum absolute atomic E-state index is 0.181. The molecule has 2 aromatic carbocycles. The van der Waals surface area contributed by atoms with E-state index in [1.807, 2.05) is 19.2 Å². The monoisotopic (exact) mass is 404 g/mol. The van der Waals surface area contributed by atoms with Gasteiger partial charge in [0.25, 0.3) is 0 Å². The van der Waals surface area contributed by atoms with Crippen molar-refractivity contribution in [2.75, 3.05) is 11.9 Å². The van der Waals surface area contributed by atoms with Gasteiger partial charge in [0.1, 0.15) is 17.3 Å². The Labute approximate surface area is 173 Å². The zero-order chi connectivity index (χ0) is 21.4. The van der Waals surface area contributed by atoms with Gasteiger partial charge in [-0.05, 0) is 68.4 Å². The zero-order valence-electron chi connectivity index (χ0n) is 16.9. The zero-order valence-corrected chi connectivity index (χ0v) is 16.9. The SMILES string of the molecule is CC(C)N(C)c1cnc2ccc(C(=O)O)cc2c1-c1ccc(-c2ccc(F)cc2)o1. The van der Waals surface area contributed by atoms with Crippen molar-refractivity contribution >= 4 is 22.6 Å². The number of hydrogen-bond acceptors (Lipinski definition) is 4. The van der Waals surface area contributed by atoms with Crippen molar-refractivity contribution in [2.45, 2.75) is 19.9 Å². The molecule has 0 spiro atoms. The van der Waals surface area contributed by atoms with Gasteiger partial charge in [0.2, 0.25) is 0 Å². The number of anilines is 1. The van der Waals surface area contributed by atoms with Crippen molar-refractivity contribution in [3.05, 3.63) is 72.2 Å². The van der Waals surface area contributed by atoms with Crippen LogP contribution in [0.5, 0.6) is 0 Å². The number of halogens is 1. The minimum atomic E-state index is -1.00. The average molecular weight is 404 g/mol. The Morgan fingerprint density at radius 1 is 1.07 bits per heavy atom. The van der Waals surface area contributed by atoms with E-state index < -0.39 is 5.97 Å². The third-order valence-corrected chi connectivity index (χ3v) is 5.23. The number of furan rings is 1. The van der Waals surface area contributed by atoms with Gasteiger partial charge in [0, 0.05) is 24.0 Å². The summed E-state index contributed by atoms with van der Waals surface area (Å²) in [6, 6.07) is 14.8. The van der Waals surface area contributed by atoms with Crippen LogP contribution in [0.15, 0.2) is 65.2 Å². The second kappa shape index (κ2) is 7.63. The Hall–Kier alpha value is -3.67. The van der Waals surface area contributed by atoms with Gasteiger partial charge < -0.3 is 14.4 Å². The Balaban J connectivity index is 1.95. The van der Waals surface area contributed by atoms with E-state index in [0.29, 0.717) is 22.4 Å². The normalized spacial score (nSPS) is 11.2. The van der Waals surface area contributed by atoms with E-state index >= 15 is 0 Å². The fourth-order valence-corrected chi connectivity index (χ4v) is 3.36. The van der Waals surface area contributed by atoms with Crippen molar-refractivity contribution in [1.82, 2.24) is 4.98 Å². The van der Waals surface area contributed by atoms with Crippen molar-refractivity contribution in [1.29, 1.82) is 0 Å². The molecule has 152 valence electrons. The molecule has 0 saturated carbocycles. The van der Waals surface area contributed by atoms with E-state index in [9.17, 15) is 14.3 Å². The first kappa shape index (κ1) is 19.6. The molecule has 0 amide bonds. The fraction of sp³-hybridized carbons (Fsp3) is 0.167. The van der Waals surface area contributed by atoms with Gasteiger partial charge in [-0.2, -0.15) is 0 Å². The average Bonchev–Trinajstić information content (AvgIpc) is 3.22. The molecule has 0 saturated heterocycles. The number of carbonyl (C=O) groups is 1. The van der Waals surface area contributed by atoms with Gasteiger partial charge >= 0.3 is 5.97 Å². The predicted molar refractivity (Wildman–Crippen MR) is 115 cm³/mol. The van der Waals surface area contributed by atoms with Crippen molar-refractivity contribution in [3.63, 3.8) is 0 Å². The second-order valence-corrected chi connectivity index (χ2v) is 7.43. The van der Waals surface area contributed by atoms with Gasteiger partial charge in [-0.15, -0.1) is 0 Å². The number of rotatable bonds is 5. The van der Waals surface area contributed by atoms with Crippen molar-refractivity contribution in [2.24, 2.45) is 0 Å².